The second-order valence-electron chi connectivity index (χ2n) is 2.20. The summed E-state index contributed by atoms with van der Waals surface area (Å²) in [6, 6.07) is 5.17. The molecule has 1 radical (unpaired) electrons. The number of nitrogens with one attached hydrogen (secondary N) is 1. The summed E-state index contributed by atoms with van der Waals surface area (Å²) in [7, 11) is 0. The molecular weight excluding hydrogens is 140 g/mol. The quantitative estimate of drug-likeness (QED) is 0.696. The Kier molecular flexibility index (Phi) is 2.60. The molecule has 1 aromatic heterocycles. The van der Waals surface area contributed by atoms with Gasteiger partial charge in [-0.15, -0.1) is 0 Å². The molecule has 0 amide bonds. The van der Waals surface area contributed by atoms with E-state index in [1.165, 1.54) is 0 Å². The number of nitrogens with zero attached hydrogens (tertiary/aromatic N) is 1. The van der Waals surface area contributed by atoms with Gasteiger partial charge >= 0.3 is 0 Å². The smallest absolute Gasteiger partial charge is 0.222 e. The molecule has 3 heteroatoms. The zero-order valence-electron chi connectivity index (χ0n) is 6.24. The summed E-state index contributed by atoms with van der Waals surface area (Å²) in [5, 5.41) is 2.86. The van der Waals surface area contributed by atoms with Gasteiger partial charge in [-0.1, -0.05) is 6.07 Å². The number of anilines is 1. The maximum atomic E-state index is 10.1. The first-order chi connectivity index (χ1) is 5.33. The van der Waals surface area contributed by atoms with Crippen LogP contribution in [0, 0.1) is 0 Å². The molecule has 0 spiro atoms. The highest BCUT2D eigenvalue weighted by atomic mass is 16.1. The lowest BCUT2D eigenvalue weighted by Crippen LogP contribution is -2.16. The standard InChI is InChI=1S/C8H9N2O/c1-7(6-11)10-8-4-2-3-5-9-8/h2-5,7H,1H3,(H,9,10). The summed E-state index contributed by atoms with van der Waals surface area (Å²) in [6.07, 6.45) is 3.48. The van der Waals surface area contributed by atoms with Gasteiger partial charge in [-0.2, -0.15) is 0 Å². The fourth-order valence-corrected chi connectivity index (χ4v) is 0.699. The first-order valence-corrected chi connectivity index (χ1v) is 3.38. The molecule has 0 fully saturated rings. The molecule has 1 rings (SSSR count). The van der Waals surface area contributed by atoms with Gasteiger partial charge in [0.2, 0.25) is 6.29 Å². The van der Waals surface area contributed by atoms with Crippen LogP contribution in [0.5, 0.6) is 0 Å². The Bertz CT molecular complexity index is 223. The van der Waals surface area contributed by atoms with Crippen molar-refractivity contribution in [2.45, 2.75) is 13.0 Å². The largest absolute Gasteiger partial charge is 0.360 e. The van der Waals surface area contributed by atoms with Crippen LogP contribution in [-0.4, -0.2) is 17.3 Å². The minimum absolute atomic E-state index is 0.301. The van der Waals surface area contributed by atoms with Crippen molar-refractivity contribution in [3.63, 3.8) is 0 Å². The number of carbonyl (C=O) groups excluding carboxylic acids is 1. The van der Waals surface area contributed by atoms with Gasteiger partial charge in [-0.25, -0.2) is 4.98 Å². The summed E-state index contributed by atoms with van der Waals surface area (Å²) in [5.41, 5.74) is 0. The fourth-order valence-electron chi connectivity index (χ4n) is 0.699. The second-order valence-corrected chi connectivity index (χ2v) is 2.20. The average Bonchev–Trinajstić information content (AvgIpc) is 2.06. The van der Waals surface area contributed by atoms with Gasteiger partial charge in [-0.05, 0) is 19.1 Å². The number of rotatable bonds is 3. The van der Waals surface area contributed by atoms with Crippen molar-refractivity contribution in [1.82, 2.24) is 4.98 Å². The van der Waals surface area contributed by atoms with E-state index in [0.717, 1.165) is 0 Å². The van der Waals surface area contributed by atoms with E-state index < -0.39 is 0 Å². The molecule has 1 unspecified atom stereocenters. The van der Waals surface area contributed by atoms with Crippen LogP contribution in [0.1, 0.15) is 6.92 Å². The van der Waals surface area contributed by atoms with Crippen molar-refractivity contribution in [3.8, 4) is 0 Å². The van der Waals surface area contributed by atoms with Crippen molar-refractivity contribution in [1.29, 1.82) is 0 Å². The van der Waals surface area contributed by atoms with Crippen LogP contribution in [0.25, 0.3) is 0 Å². The normalized spacial score (nSPS) is 12.1. The predicted octanol–water partition coefficient (Wildman–Crippen LogP) is 0.992. The molecule has 0 saturated carbocycles. The molecule has 3 nitrogen and oxygen atoms in total. The zero-order valence-corrected chi connectivity index (χ0v) is 6.24. The zero-order chi connectivity index (χ0) is 8.10. The predicted molar refractivity (Wildman–Crippen MR) is 43.0 cm³/mol. The fraction of sp³-hybridized carbons (Fsp3) is 0.250. The topological polar surface area (TPSA) is 42.0 Å². The minimum atomic E-state index is -0.301. The first-order valence-electron chi connectivity index (χ1n) is 3.38. The van der Waals surface area contributed by atoms with Gasteiger partial charge in [0.15, 0.2) is 0 Å². The molecule has 1 N–H and O–H groups in total. The van der Waals surface area contributed by atoms with E-state index >= 15 is 0 Å². The van der Waals surface area contributed by atoms with Crippen molar-refractivity contribution < 1.29 is 4.79 Å². The van der Waals surface area contributed by atoms with E-state index in [1.807, 2.05) is 18.4 Å². The summed E-state index contributed by atoms with van der Waals surface area (Å²) >= 11 is 0. The van der Waals surface area contributed by atoms with Crippen LogP contribution in [0.15, 0.2) is 24.4 Å². The molecule has 1 atom stereocenters. The number of pyridine rings is 1. The van der Waals surface area contributed by atoms with E-state index in [-0.39, 0.29) is 6.04 Å². The maximum absolute atomic E-state index is 10.1. The van der Waals surface area contributed by atoms with E-state index in [0.29, 0.717) is 5.82 Å². The number of aromatic nitrogens is 1. The highest BCUT2D eigenvalue weighted by molar-refractivity contribution is 5.62. The minimum Gasteiger partial charge on any atom is -0.360 e. The summed E-state index contributed by atoms with van der Waals surface area (Å²) in [4.78, 5) is 14.1. The van der Waals surface area contributed by atoms with Crippen LogP contribution in [0.4, 0.5) is 5.82 Å². The van der Waals surface area contributed by atoms with E-state index in [9.17, 15) is 4.79 Å². The maximum Gasteiger partial charge on any atom is 0.222 e. The van der Waals surface area contributed by atoms with Crippen LogP contribution in [0.2, 0.25) is 0 Å². The van der Waals surface area contributed by atoms with Crippen molar-refractivity contribution in [2.24, 2.45) is 0 Å². The summed E-state index contributed by atoms with van der Waals surface area (Å²) in [6.45, 7) is 1.72. The van der Waals surface area contributed by atoms with Gasteiger partial charge in [-0.3, -0.25) is 4.79 Å². The summed E-state index contributed by atoms with van der Waals surface area (Å²) < 4.78 is 0. The molecule has 0 aliphatic carbocycles. The molecule has 0 aliphatic heterocycles. The Morgan fingerprint density at radius 3 is 3.00 bits per heavy atom. The van der Waals surface area contributed by atoms with Crippen LogP contribution < -0.4 is 5.32 Å². The van der Waals surface area contributed by atoms with Gasteiger partial charge in [0.1, 0.15) is 5.82 Å². The first kappa shape index (κ1) is 7.72. The Balaban J connectivity index is 2.57. The van der Waals surface area contributed by atoms with Crippen LogP contribution in [0.3, 0.4) is 0 Å². The molecule has 1 heterocycles. The average molecular weight is 149 g/mol. The molecule has 1 aromatic rings. The molecular formula is C8H9N2O. The molecule has 0 saturated heterocycles. The van der Waals surface area contributed by atoms with Gasteiger partial charge in [0.25, 0.3) is 0 Å². The Morgan fingerprint density at radius 2 is 2.45 bits per heavy atom. The lowest BCUT2D eigenvalue weighted by Gasteiger charge is -2.05. The Morgan fingerprint density at radius 1 is 1.64 bits per heavy atom. The highest BCUT2D eigenvalue weighted by Crippen LogP contribution is 2.00. The summed E-state index contributed by atoms with van der Waals surface area (Å²) in [5.74, 6) is 0.698. The Labute approximate surface area is 65.5 Å². The van der Waals surface area contributed by atoms with Crippen molar-refractivity contribution in [3.05, 3.63) is 24.4 Å². The molecule has 57 valence electrons. The van der Waals surface area contributed by atoms with E-state index in [2.05, 4.69) is 10.3 Å². The monoisotopic (exact) mass is 149 g/mol. The number of hydrogen-bond donors (Lipinski definition) is 1. The molecule has 0 aromatic carbocycles. The molecule has 11 heavy (non-hydrogen) atoms. The van der Waals surface area contributed by atoms with E-state index in [4.69, 9.17) is 0 Å². The number of hydrogen-bond acceptors (Lipinski definition) is 3. The van der Waals surface area contributed by atoms with Crippen LogP contribution >= 0.6 is 0 Å². The SMILES string of the molecule is CC([C]=O)Nc1ccccn1. The Hall–Kier alpha value is -1.38. The second kappa shape index (κ2) is 3.71. The van der Waals surface area contributed by atoms with Crippen LogP contribution in [-0.2, 0) is 4.79 Å². The third-order valence-electron chi connectivity index (χ3n) is 1.21. The third-order valence-corrected chi connectivity index (χ3v) is 1.21. The third kappa shape index (κ3) is 2.37. The lowest BCUT2D eigenvalue weighted by atomic mass is 10.3. The van der Waals surface area contributed by atoms with Gasteiger partial charge in [0.05, 0.1) is 6.04 Å². The molecule has 0 bridgehead atoms. The van der Waals surface area contributed by atoms with Crippen molar-refractivity contribution in [2.75, 3.05) is 5.32 Å². The lowest BCUT2D eigenvalue weighted by molar-refractivity contribution is 0.548. The highest BCUT2D eigenvalue weighted by Gasteiger charge is 1.98. The van der Waals surface area contributed by atoms with Crippen molar-refractivity contribution >= 4 is 12.1 Å². The van der Waals surface area contributed by atoms with Gasteiger partial charge in [0, 0.05) is 6.20 Å². The molecule has 0 aliphatic rings. The van der Waals surface area contributed by atoms with E-state index in [1.54, 1.807) is 19.2 Å². The van der Waals surface area contributed by atoms with Gasteiger partial charge < -0.3 is 5.32 Å².